The molecule has 1 N–H and O–H groups in total. The lowest BCUT2D eigenvalue weighted by atomic mass is 9.87. The molecule has 0 heterocycles. The molecule has 1 nitrogen and oxygen atoms in total. The third kappa shape index (κ3) is 3.32. The molecule has 0 aromatic heterocycles. The van der Waals surface area contributed by atoms with Gasteiger partial charge in [-0.25, -0.2) is 0 Å². The summed E-state index contributed by atoms with van der Waals surface area (Å²) in [4.78, 5) is 0. The first-order valence-corrected chi connectivity index (χ1v) is 6.28. The highest BCUT2D eigenvalue weighted by Gasteiger charge is 2.20. The Morgan fingerprint density at radius 1 is 1.20 bits per heavy atom. The summed E-state index contributed by atoms with van der Waals surface area (Å²) >= 11 is 3.52. The number of halogens is 1. The zero-order valence-electron chi connectivity index (χ0n) is 9.92. The zero-order chi connectivity index (χ0) is 11.4. The van der Waals surface area contributed by atoms with E-state index in [9.17, 15) is 0 Å². The Balaban J connectivity index is 2.87. The minimum Gasteiger partial charge on any atom is -0.316 e. The third-order valence-corrected chi connectivity index (χ3v) is 3.46. The van der Waals surface area contributed by atoms with Crippen molar-refractivity contribution in [2.45, 2.75) is 32.7 Å². The number of nitrogens with one attached hydrogen (secondary N) is 1. The number of hydrogen-bond acceptors (Lipinski definition) is 1. The molecule has 84 valence electrons. The van der Waals surface area contributed by atoms with Gasteiger partial charge in [0.25, 0.3) is 0 Å². The molecule has 0 spiro atoms. The Morgan fingerprint density at radius 3 is 2.33 bits per heavy atom. The largest absolute Gasteiger partial charge is 0.316 e. The summed E-state index contributed by atoms with van der Waals surface area (Å²) in [6.45, 7) is 6.80. The molecule has 0 amide bonds. The van der Waals surface area contributed by atoms with Gasteiger partial charge in [0.2, 0.25) is 0 Å². The fourth-order valence-electron chi connectivity index (χ4n) is 2.16. The Bertz CT molecular complexity index is 309. The summed E-state index contributed by atoms with van der Waals surface area (Å²) in [5.74, 6) is 1.18. The molecular formula is C13H20BrN. The lowest BCUT2D eigenvalue weighted by molar-refractivity contribution is 0.376. The van der Waals surface area contributed by atoms with E-state index < -0.39 is 0 Å². The van der Waals surface area contributed by atoms with Crippen LogP contribution in [-0.4, -0.2) is 13.1 Å². The summed E-state index contributed by atoms with van der Waals surface area (Å²) in [6.07, 6.45) is 0. The van der Waals surface area contributed by atoms with E-state index in [2.05, 4.69) is 66.3 Å². The molecule has 0 aliphatic carbocycles. The van der Waals surface area contributed by atoms with Gasteiger partial charge in [-0.3, -0.25) is 0 Å². The number of rotatable bonds is 4. The summed E-state index contributed by atoms with van der Waals surface area (Å²) in [7, 11) is 2.04. The highest BCUT2D eigenvalue weighted by atomic mass is 79.9. The van der Waals surface area contributed by atoms with Gasteiger partial charge in [0.1, 0.15) is 0 Å². The van der Waals surface area contributed by atoms with Gasteiger partial charge < -0.3 is 5.32 Å². The van der Waals surface area contributed by atoms with Gasteiger partial charge in [-0.05, 0) is 36.6 Å². The second kappa shape index (κ2) is 5.66. The van der Waals surface area contributed by atoms with Crippen LogP contribution in [0, 0.1) is 5.92 Å². The van der Waals surface area contributed by atoms with Crippen molar-refractivity contribution >= 4 is 15.9 Å². The first-order chi connectivity index (χ1) is 7.06. The van der Waals surface area contributed by atoms with E-state index in [1.165, 1.54) is 5.56 Å². The van der Waals surface area contributed by atoms with E-state index in [-0.39, 0.29) is 0 Å². The predicted octanol–water partition coefficient (Wildman–Crippen LogP) is 3.80. The first kappa shape index (κ1) is 12.7. The van der Waals surface area contributed by atoms with Gasteiger partial charge in [-0.2, -0.15) is 0 Å². The van der Waals surface area contributed by atoms with Crippen LogP contribution in [-0.2, 0) is 0 Å². The molecule has 2 heteroatoms. The van der Waals surface area contributed by atoms with Crippen LogP contribution in [0.15, 0.2) is 28.7 Å². The van der Waals surface area contributed by atoms with Crippen molar-refractivity contribution in [3.63, 3.8) is 0 Å². The van der Waals surface area contributed by atoms with Crippen molar-refractivity contribution in [3.05, 3.63) is 34.3 Å². The fraction of sp³-hybridized carbons (Fsp3) is 0.538. The monoisotopic (exact) mass is 269 g/mol. The Kier molecular flexibility index (Phi) is 4.81. The summed E-state index contributed by atoms with van der Waals surface area (Å²) in [5.41, 5.74) is 1.39. The maximum Gasteiger partial charge on any atom is 0.0178 e. The standard InChI is InChI=1S/C13H20BrN/c1-9(2)13(15-4)10(3)11-6-5-7-12(14)8-11/h5-10,13,15H,1-4H3. The number of hydrogen-bond donors (Lipinski definition) is 1. The Labute approximate surface area is 101 Å². The van der Waals surface area contributed by atoms with Crippen LogP contribution >= 0.6 is 15.9 Å². The Hall–Kier alpha value is -0.340. The van der Waals surface area contributed by atoms with Gasteiger partial charge in [0.05, 0.1) is 0 Å². The third-order valence-electron chi connectivity index (χ3n) is 2.96. The molecule has 0 saturated heterocycles. The van der Waals surface area contributed by atoms with E-state index in [0.29, 0.717) is 17.9 Å². The lowest BCUT2D eigenvalue weighted by Gasteiger charge is -2.27. The van der Waals surface area contributed by atoms with E-state index in [4.69, 9.17) is 0 Å². The molecule has 1 rings (SSSR count). The molecule has 0 saturated carbocycles. The number of likely N-dealkylation sites (N-methyl/N-ethyl adjacent to an activating group) is 1. The Morgan fingerprint density at radius 2 is 1.87 bits per heavy atom. The maximum atomic E-state index is 3.52. The van der Waals surface area contributed by atoms with Gasteiger partial charge >= 0.3 is 0 Å². The molecule has 2 unspecified atom stereocenters. The quantitative estimate of drug-likeness (QED) is 0.877. The second-order valence-corrected chi connectivity index (χ2v) is 5.32. The molecule has 0 aliphatic rings. The van der Waals surface area contributed by atoms with E-state index >= 15 is 0 Å². The van der Waals surface area contributed by atoms with Crippen LogP contribution in [0.3, 0.4) is 0 Å². The number of benzene rings is 1. The maximum absolute atomic E-state index is 3.52. The van der Waals surface area contributed by atoms with E-state index in [0.717, 1.165) is 4.47 Å². The minimum absolute atomic E-state index is 0.527. The summed E-state index contributed by atoms with van der Waals surface area (Å²) < 4.78 is 1.16. The first-order valence-electron chi connectivity index (χ1n) is 5.49. The molecule has 0 bridgehead atoms. The molecule has 1 aromatic carbocycles. The van der Waals surface area contributed by atoms with Crippen LogP contribution in [0.4, 0.5) is 0 Å². The van der Waals surface area contributed by atoms with Gasteiger partial charge in [-0.1, -0.05) is 48.8 Å². The van der Waals surface area contributed by atoms with Crippen LogP contribution in [0.25, 0.3) is 0 Å². The van der Waals surface area contributed by atoms with Crippen molar-refractivity contribution < 1.29 is 0 Å². The van der Waals surface area contributed by atoms with Crippen molar-refractivity contribution in [2.75, 3.05) is 7.05 Å². The lowest BCUT2D eigenvalue weighted by Crippen LogP contribution is -2.35. The van der Waals surface area contributed by atoms with Gasteiger partial charge in [0.15, 0.2) is 0 Å². The minimum atomic E-state index is 0.527. The second-order valence-electron chi connectivity index (χ2n) is 4.40. The van der Waals surface area contributed by atoms with E-state index in [1.54, 1.807) is 0 Å². The van der Waals surface area contributed by atoms with Crippen LogP contribution in [0.2, 0.25) is 0 Å². The van der Waals surface area contributed by atoms with Crippen LogP contribution in [0.5, 0.6) is 0 Å². The average molecular weight is 270 g/mol. The highest BCUT2D eigenvalue weighted by Crippen LogP contribution is 2.25. The molecule has 1 aromatic rings. The average Bonchev–Trinajstić information content (AvgIpc) is 2.18. The molecule has 0 aliphatic heterocycles. The zero-order valence-corrected chi connectivity index (χ0v) is 11.5. The van der Waals surface area contributed by atoms with Crippen LogP contribution in [0.1, 0.15) is 32.3 Å². The van der Waals surface area contributed by atoms with Crippen molar-refractivity contribution in [3.8, 4) is 0 Å². The molecule has 0 radical (unpaired) electrons. The summed E-state index contributed by atoms with van der Waals surface area (Å²) in [6, 6.07) is 9.10. The predicted molar refractivity (Wildman–Crippen MR) is 70.2 cm³/mol. The molecule has 15 heavy (non-hydrogen) atoms. The topological polar surface area (TPSA) is 12.0 Å². The molecular weight excluding hydrogens is 250 g/mol. The molecule has 2 atom stereocenters. The fourth-order valence-corrected chi connectivity index (χ4v) is 2.57. The normalized spacial score (nSPS) is 15.3. The molecule has 0 fully saturated rings. The van der Waals surface area contributed by atoms with Crippen molar-refractivity contribution in [1.82, 2.24) is 5.32 Å². The SMILES string of the molecule is CNC(C(C)C)C(C)c1cccc(Br)c1. The van der Waals surface area contributed by atoms with Crippen molar-refractivity contribution in [2.24, 2.45) is 5.92 Å². The van der Waals surface area contributed by atoms with Gasteiger partial charge in [-0.15, -0.1) is 0 Å². The van der Waals surface area contributed by atoms with Crippen molar-refractivity contribution in [1.29, 1.82) is 0 Å². The highest BCUT2D eigenvalue weighted by molar-refractivity contribution is 9.10. The summed E-state index contributed by atoms with van der Waals surface area (Å²) in [5, 5.41) is 3.40. The van der Waals surface area contributed by atoms with E-state index in [1.807, 2.05) is 7.05 Å². The smallest absolute Gasteiger partial charge is 0.0178 e. The van der Waals surface area contributed by atoms with Gasteiger partial charge in [0, 0.05) is 10.5 Å². The van der Waals surface area contributed by atoms with Crippen LogP contribution < -0.4 is 5.32 Å².